The van der Waals surface area contributed by atoms with E-state index >= 15 is 0 Å². The largest absolute Gasteiger partial charge is 0.368 e. The molecule has 0 saturated heterocycles. The number of H-pyrrole nitrogens is 1. The number of pyridine rings is 1. The number of nitrogens with one attached hydrogen (secondary N) is 1. The van der Waals surface area contributed by atoms with Gasteiger partial charge >= 0.3 is 5.69 Å². The van der Waals surface area contributed by atoms with Crippen LogP contribution in [0.2, 0.25) is 5.02 Å². The highest BCUT2D eigenvalue weighted by Gasteiger charge is 2.03. The first kappa shape index (κ1) is 9.60. The molecule has 7 heteroatoms. The molecule has 2 rings (SSSR count). The fraction of sp³-hybridized carbons (Fsp3) is 0. The molecule has 15 heavy (non-hydrogen) atoms. The Bertz CT molecular complexity index is 535. The van der Waals surface area contributed by atoms with Crippen LogP contribution in [-0.2, 0) is 0 Å². The zero-order valence-electron chi connectivity index (χ0n) is 7.44. The molecule has 0 amide bonds. The second kappa shape index (κ2) is 3.66. The molecule has 0 aliphatic carbocycles. The van der Waals surface area contributed by atoms with E-state index in [-0.39, 0.29) is 11.8 Å². The summed E-state index contributed by atoms with van der Waals surface area (Å²) in [6.07, 6.45) is 1.45. The molecule has 6 nitrogen and oxygen atoms in total. The van der Waals surface area contributed by atoms with Gasteiger partial charge in [-0.15, -0.1) is 0 Å². The van der Waals surface area contributed by atoms with Gasteiger partial charge in [0.25, 0.3) is 0 Å². The van der Waals surface area contributed by atoms with Crippen LogP contribution in [0.1, 0.15) is 0 Å². The van der Waals surface area contributed by atoms with E-state index in [1.807, 2.05) is 0 Å². The Labute approximate surface area is 89.2 Å². The van der Waals surface area contributed by atoms with Gasteiger partial charge in [-0.05, 0) is 12.1 Å². The van der Waals surface area contributed by atoms with E-state index in [0.29, 0.717) is 10.7 Å². The molecular weight excluding hydrogens is 218 g/mol. The van der Waals surface area contributed by atoms with Gasteiger partial charge in [-0.25, -0.2) is 4.79 Å². The molecule has 0 aliphatic rings. The lowest BCUT2D eigenvalue weighted by Crippen LogP contribution is -2.15. The average molecular weight is 224 g/mol. The predicted molar refractivity (Wildman–Crippen MR) is 55.3 cm³/mol. The molecule has 2 aromatic rings. The molecule has 0 unspecified atom stereocenters. The Morgan fingerprint density at radius 3 is 2.73 bits per heavy atom. The summed E-state index contributed by atoms with van der Waals surface area (Å²) in [4.78, 5) is 24.6. The Hall–Kier alpha value is -1.95. The lowest BCUT2D eigenvalue weighted by Gasteiger charge is -1.99. The number of hydrogen-bond donors (Lipinski definition) is 2. The normalized spacial score (nSPS) is 10.2. The Balaban J connectivity index is 2.54. The smallest absolute Gasteiger partial charge is 0.349 e. The molecule has 2 aromatic heterocycles. The van der Waals surface area contributed by atoms with Gasteiger partial charge in [0.05, 0.1) is 5.02 Å². The number of nitrogens with zero attached hydrogens (tertiary/aromatic N) is 3. The summed E-state index contributed by atoms with van der Waals surface area (Å²) in [5.74, 6) is 0.176. The second-order valence-electron chi connectivity index (χ2n) is 2.72. The minimum absolute atomic E-state index is 0.0921. The van der Waals surface area contributed by atoms with Gasteiger partial charge in [0.2, 0.25) is 5.95 Å². The quantitative estimate of drug-likeness (QED) is 0.732. The van der Waals surface area contributed by atoms with Gasteiger partial charge in [-0.1, -0.05) is 11.6 Å². The number of aromatic nitrogens is 4. The lowest BCUT2D eigenvalue weighted by molar-refractivity contribution is 0.999. The molecule has 2 heterocycles. The van der Waals surface area contributed by atoms with Crippen LogP contribution in [0.5, 0.6) is 0 Å². The van der Waals surface area contributed by atoms with Gasteiger partial charge in [0.1, 0.15) is 5.69 Å². The molecule has 0 bridgehead atoms. The second-order valence-corrected chi connectivity index (χ2v) is 3.16. The maximum atomic E-state index is 11.0. The van der Waals surface area contributed by atoms with E-state index in [2.05, 4.69) is 19.9 Å². The zero-order chi connectivity index (χ0) is 10.8. The Morgan fingerprint density at radius 1 is 1.33 bits per heavy atom. The van der Waals surface area contributed by atoms with Crippen LogP contribution in [0.25, 0.3) is 11.5 Å². The number of nitrogens with two attached hydrogens (primary N) is 1. The van der Waals surface area contributed by atoms with Crippen molar-refractivity contribution in [3.8, 4) is 11.5 Å². The molecule has 0 spiro atoms. The number of hydrogen-bond acceptors (Lipinski definition) is 5. The number of nitrogen functional groups attached to an aromatic ring is 1. The van der Waals surface area contributed by atoms with Crippen LogP contribution in [-0.4, -0.2) is 19.9 Å². The molecular formula is C8H6ClN5O. The van der Waals surface area contributed by atoms with Crippen molar-refractivity contribution in [2.24, 2.45) is 0 Å². The SMILES string of the molecule is Nc1nc(-c2ccc(Cl)cn2)[nH]c(=O)n1. The van der Waals surface area contributed by atoms with Gasteiger partial charge in [0, 0.05) is 6.20 Å². The fourth-order valence-electron chi connectivity index (χ4n) is 1.04. The number of halogens is 1. The van der Waals surface area contributed by atoms with Crippen LogP contribution in [0.3, 0.4) is 0 Å². The first-order valence-corrected chi connectivity index (χ1v) is 4.39. The third kappa shape index (κ3) is 2.10. The van der Waals surface area contributed by atoms with E-state index in [4.69, 9.17) is 17.3 Å². The predicted octanol–water partition coefficient (Wildman–Crippen LogP) is 0.462. The van der Waals surface area contributed by atoms with Crippen LogP contribution >= 0.6 is 11.6 Å². The van der Waals surface area contributed by atoms with Crippen molar-refractivity contribution in [1.82, 2.24) is 19.9 Å². The molecule has 0 radical (unpaired) electrons. The minimum atomic E-state index is -0.561. The molecule has 0 aliphatic heterocycles. The monoisotopic (exact) mass is 223 g/mol. The summed E-state index contributed by atoms with van der Waals surface area (Å²) >= 11 is 5.67. The summed E-state index contributed by atoms with van der Waals surface area (Å²) in [5, 5.41) is 0.503. The van der Waals surface area contributed by atoms with Gasteiger partial charge < -0.3 is 5.73 Å². The summed E-state index contributed by atoms with van der Waals surface area (Å²) < 4.78 is 0. The molecule has 0 aromatic carbocycles. The first-order valence-electron chi connectivity index (χ1n) is 4.01. The highest BCUT2D eigenvalue weighted by Crippen LogP contribution is 2.13. The maximum Gasteiger partial charge on any atom is 0.349 e. The van der Waals surface area contributed by atoms with E-state index < -0.39 is 5.69 Å². The van der Waals surface area contributed by atoms with E-state index in [9.17, 15) is 4.79 Å². The number of aromatic amines is 1. The highest BCUT2D eigenvalue weighted by atomic mass is 35.5. The maximum absolute atomic E-state index is 11.0. The summed E-state index contributed by atoms with van der Waals surface area (Å²) in [7, 11) is 0. The molecule has 0 atom stereocenters. The Kier molecular flexibility index (Phi) is 2.34. The van der Waals surface area contributed by atoms with Crippen LogP contribution < -0.4 is 11.4 Å². The molecule has 3 N–H and O–H groups in total. The fourth-order valence-corrected chi connectivity index (χ4v) is 1.15. The zero-order valence-corrected chi connectivity index (χ0v) is 8.19. The van der Waals surface area contributed by atoms with Crippen molar-refractivity contribution in [2.75, 3.05) is 5.73 Å². The first-order chi connectivity index (χ1) is 7.15. The molecule has 0 fully saturated rings. The van der Waals surface area contributed by atoms with Crippen molar-refractivity contribution in [1.29, 1.82) is 0 Å². The van der Waals surface area contributed by atoms with Gasteiger partial charge in [0.15, 0.2) is 5.82 Å². The van der Waals surface area contributed by atoms with Crippen LogP contribution in [0, 0.1) is 0 Å². The van der Waals surface area contributed by atoms with Crippen molar-refractivity contribution in [3.05, 3.63) is 33.8 Å². The summed E-state index contributed by atoms with van der Waals surface area (Å²) in [5.41, 5.74) is 5.25. The van der Waals surface area contributed by atoms with Crippen molar-refractivity contribution < 1.29 is 0 Å². The van der Waals surface area contributed by atoms with E-state index in [1.165, 1.54) is 6.20 Å². The number of anilines is 1. The third-order valence-electron chi connectivity index (χ3n) is 1.64. The van der Waals surface area contributed by atoms with Crippen molar-refractivity contribution in [2.45, 2.75) is 0 Å². The van der Waals surface area contributed by atoms with E-state index in [1.54, 1.807) is 12.1 Å². The lowest BCUT2D eigenvalue weighted by atomic mass is 10.3. The summed E-state index contributed by atoms with van der Waals surface area (Å²) in [6.45, 7) is 0. The minimum Gasteiger partial charge on any atom is -0.368 e. The summed E-state index contributed by atoms with van der Waals surface area (Å²) in [6, 6.07) is 3.26. The molecule has 0 saturated carbocycles. The van der Waals surface area contributed by atoms with Crippen LogP contribution in [0.4, 0.5) is 5.95 Å². The van der Waals surface area contributed by atoms with Gasteiger partial charge in [-0.3, -0.25) is 9.97 Å². The Morgan fingerprint density at radius 2 is 2.13 bits per heavy atom. The molecule has 76 valence electrons. The standard InChI is InChI=1S/C8H6ClN5O/c9-4-1-2-5(11-3-4)6-12-7(10)14-8(15)13-6/h1-3H,(H3,10,12,13,14,15). The van der Waals surface area contributed by atoms with Crippen molar-refractivity contribution in [3.63, 3.8) is 0 Å². The average Bonchev–Trinajstić information content (AvgIpc) is 2.17. The highest BCUT2D eigenvalue weighted by molar-refractivity contribution is 6.30. The topological polar surface area (TPSA) is 97.5 Å². The van der Waals surface area contributed by atoms with Gasteiger partial charge in [-0.2, -0.15) is 9.97 Å². The van der Waals surface area contributed by atoms with E-state index in [0.717, 1.165) is 0 Å². The van der Waals surface area contributed by atoms with Crippen LogP contribution in [0.15, 0.2) is 23.1 Å². The third-order valence-corrected chi connectivity index (χ3v) is 1.86. The van der Waals surface area contributed by atoms with Crippen molar-refractivity contribution >= 4 is 17.5 Å². The number of rotatable bonds is 1.